The molecule has 0 aliphatic carbocycles. The first-order chi connectivity index (χ1) is 6.06. The van der Waals surface area contributed by atoms with Crippen LogP contribution in [-0.2, 0) is 0 Å². The summed E-state index contributed by atoms with van der Waals surface area (Å²) >= 11 is 0. The molecule has 0 fully saturated rings. The molecule has 0 unspecified atom stereocenters. The summed E-state index contributed by atoms with van der Waals surface area (Å²) in [7, 11) is 0. The van der Waals surface area contributed by atoms with Gasteiger partial charge in [-0.05, 0) is 33.3 Å². The van der Waals surface area contributed by atoms with Gasteiger partial charge in [0.05, 0.1) is 5.70 Å². The Kier molecular flexibility index (Phi) is 5.86. The van der Waals surface area contributed by atoms with Gasteiger partial charge in [-0.1, -0.05) is 31.2 Å². The van der Waals surface area contributed by atoms with Crippen molar-refractivity contribution >= 4 is 5.71 Å². The van der Waals surface area contributed by atoms with Gasteiger partial charge < -0.3 is 0 Å². The summed E-state index contributed by atoms with van der Waals surface area (Å²) in [5.41, 5.74) is 3.10. The normalized spacial score (nSPS) is 11.8. The molecular weight excluding hydrogens is 158 g/mol. The lowest BCUT2D eigenvalue weighted by Crippen LogP contribution is -1.80. The van der Waals surface area contributed by atoms with Crippen LogP contribution in [0, 0.1) is 0 Å². The summed E-state index contributed by atoms with van der Waals surface area (Å²) in [5.74, 6) is 0. The van der Waals surface area contributed by atoms with Crippen LogP contribution in [0.25, 0.3) is 0 Å². The minimum Gasteiger partial charge on any atom is -0.259 e. The predicted molar refractivity (Wildman–Crippen MR) is 61.1 cm³/mol. The molecule has 0 aliphatic rings. The average Bonchev–Trinajstić information content (AvgIpc) is 2.00. The highest BCUT2D eigenvalue weighted by Gasteiger charge is 1.84. The molecule has 1 nitrogen and oxygen atoms in total. The molecule has 0 bridgehead atoms. The third-order valence-electron chi connectivity index (χ3n) is 1.43. The molecule has 0 N–H and O–H groups in total. The molecule has 0 radical (unpaired) electrons. The van der Waals surface area contributed by atoms with Gasteiger partial charge in [0.15, 0.2) is 0 Å². The maximum absolute atomic E-state index is 4.22. The monoisotopic (exact) mass is 177 g/mol. The number of nitrogens with zero attached hydrogens (tertiary/aromatic N) is 1. The number of aliphatic imine (C=N–C) groups is 1. The fourth-order valence-corrected chi connectivity index (χ4v) is 0.942. The smallest absolute Gasteiger partial charge is 0.0557 e. The van der Waals surface area contributed by atoms with Crippen LogP contribution < -0.4 is 0 Å². The van der Waals surface area contributed by atoms with Crippen LogP contribution in [0.5, 0.6) is 0 Å². The zero-order valence-electron chi connectivity index (χ0n) is 9.09. The van der Waals surface area contributed by atoms with Crippen LogP contribution >= 0.6 is 0 Å². The number of hydrogen-bond donors (Lipinski definition) is 0. The molecule has 0 aliphatic heterocycles. The molecular formula is C12H19N. The summed E-state index contributed by atoms with van der Waals surface area (Å²) in [5, 5.41) is 0. The van der Waals surface area contributed by atoms with Gasteiger partial charge in [-0.15, -0.1) is 0 Å². The number of rotatable bonds is 4. The van der Waals surface area contributed by atoms with E-state index >= 15 is 0 Å². The standard InChI is InChI=1S/C12H19N/c1-6-7-11(4)8-9-12(5)13-10(2)3/h7-9H,5-6H2,1-4H3/b9-8-,11-7-. The summed E-state index contributed by atoms with van der Waals surface area (Å²) < 4.78 is 0. The van der Waals surface area contributed by atoms with Crippen LogP contribution in [0.4, 0.5) is 0 Å². The molecule has 72 valence electrons. The molecule has 0 aromatic carbocycles. The van der Waals surface area contributed by atoms with Crippen molar-refractivity contribution in [2.45, 2.75) is 34.1 Å². The first-order valence-corrected chi connectivity index (χ1v) is 4.62. The lowest BCUT2D eigenvalue weighted by molar-refractivity contribution is 1.20. The second kappa shape index (κ2) is 6.41. The van der Waals surface area contributed by atoms with Crippen LogP contribution in [0.2, 0.25) is 0 Å². The van der Waals surface area contributed by atoms with Crippen molar-refractivity contribution in [1.29, 1.82) is 0 Å². The summed E-state index contributed by atoms with van der Waals surface area (Å²) in [6, 6.07) is 0. The lowest BCUT2D eigenvalue weighted by Gasteiger charge is -1.93. The fraction of sp³-hybridized carbons (Fsp3) is 0.417. The number of allylic oxidation sites excluding steroid dienone is 4. The molecule has 0 atom stereocenters. The van der Waals surface area contributed by atoms with E-state index in [4.69, 9.17) is 0 Å². The molecule has 13 heavy (non-hydrogen) atoms. The molecule has 1 heteroatoms. The molecule has 0 saturated carbocycles. The van der Waals surface area contributed by atoms with E-state index in [1.165, 1.54) is 5.57 Å². The van der Waals surface area contributed by atoms with Crippen molar-refractivity contribution < 1.29 is 0 Å². The Hall–Kier alpha value is -1.11. The second-order valence-electron chi connectivity index (χ2n) is 3.24. The van der Waals surface area contributed by atoms with Crippen molar-refractivity contribution in [3.05, 3.63) is 36.1 Å². The summed E-state index contributed by atoms with van der Waals surface area (Å²) in [4.78, 5) is 4.22. The first kappa shape index (κ1) is 11.9. The highest BCUT2D eigenvalue weighted by molar-refractivity contribution is 5.80. The van der Waals surface area contributed by atoms with Gasteiger partial charge in [-0.2, -0.15) is 0 Å². The zero-order chi connectivity index (χ0) is 10.3. The van der Waals surface area contributed by atoms with Crippen molar-refractivity contribution in [3.8, 4) is 0 Å². The Bertz CT molecular complexity index is 250. The van der Waals surface area contributed by atoms with Crippen LogP contribution in [0.3, 0.4) is 0 Å². The van der Waals surface area contributed by atoms with Crippen molar-refractivity contribution in [2.75, 3.05) is 0 Å². The Morgan fingerprint density at radius 3 is 2.31 bits per heavy atom. The van der Waals surface area contributed by atoms with E-state index in [0.717, 1.165) is 17.8 Å². The molecule has 0 aromatic rings. The fourth-order valence-electron chi connectivity index (χ4n) is 0.942. The first-order valence-electron chi connectivity index (χ1n) is 4.62. The third-order valence-corrected chi connectivity index (χ3v) is 1.43. The van der Waals surface area contributed by atoms with Crippen molar-refractivity contribution in [1.82, 2.24) is 0 Å². The van der Waals surface area contributed by atoms with Crippen LogP contribution in [0.1, 0.15) is 34.1 Å². The lowest BCUT2D eigenvalue weighted by atomic mass is 10.2. The highest BCUT2D eigenvalue weighted by Crippen LogP contribution is 2.02. The van der Waals surface area contributed by atoms with Crippen LogP contribution in [-0.4, -0.2) is 5.71 Å². The molecule has 0 aromatic heterocycles. The van der Waals surface area contributed by atoms with Gasteiger partial charge >= 0.3 is 0 Å². The van der Waals surface area contributed by atoms with E-state index in [1.54, 1.807) is 0 Å². The maximum atomic E-state index is 4.22. The SMILES string of the molecule is C=C(/C=C\C(C)=C/CC)N=C(C)C. The quantitative estimate of drug-likeness (QED) is 0.456. The van der Waals surface area contributed by atoms with E-state index in [2.05, 4.69) is 31.5 Å². The van der Waals surface area contributed by atoms with Gasteiger partial charge in [-0.25, -0.2) is 0 Å². The predicted octanol–water partition coefficient (Wildman–Crippen LogP) is 3.89. The minimum atomic E-state index is 0.809. The van der Waals surface area contributed by atoms with Gasteiger partial charge in [0, 0.05) is 5.71 Å². The molecule has 0 saturated heterocycles. The second-order valence-corrected chi connectivity index (χ2v) is 3.24. The van der Waals surface area contributed by atoms with Gasteiger partial charge in [-0.3, -0.25) is 4.99 Å². The molecule has 0 amide bonds. The van der Waals surface area contributed by atoms with Crippen molar-refractivity contribution in [3.63, 3.8) is 0 Å². The molecule has 0 rings (SSSR count). The van der Waals surface area contributed by atoms with Gasteiger partial charge in [0.25, 0.3) is 0 Å². The Morgan fingerprint density at radius 1 is 1.23 bits per heavy atom. The van der Waals surface area contributed by atoms with E-state index in [1.807, 2.05) is 26.0 Å². The minimum absolute atomic E-state index is 0.809. The topological polar surface area (TPSA) is 12.4 Å². The largest absolute Gasteiger partial charge is 0.259 e. The van der Waals surface area contributed by atoms with Crippen LogP contribution in [0.15, 0.2) is 41.1 Å². The zero-order valence-corrected chi connectivity index (χ0v) is 9.09. The van der Waals surface area contributed by atoms with E-state index in [-0.39, 0.29) is 0 Å². The van der Waals surface area contributed by atoms with E-state index in [0.29, 0.717) is 0 Å². The van der Waals surface area contributed by atoms with Gasteiger partial charge in [0.2, 0.25) is 0 Å². The Morgan fingerprint density at radius 2 is 1.85 bits per heavy atom. The van der Waals surface area contributed by atoms with E-state index in [9.17, 15) is 0 Å². The Labute approximate surface area is 81.6 Å². The van der Waals surface area contributed by atoms with E-state index < -0.39 is 0 Å². The highest BCUT2D eigenvalue weighted by atomic mass is 14.7. The van der Waals surface area contributed by atoms with Crippen molar-refractivity contribution in [2.24, 2.45) is 4.99 Å². The summed E-state index contributed by atoms with van der Waals surface area (Å²) in [6.45, 7) is 12.0. The maximum Gasteiger partial charge on any atom is 0.0557 e. The molecule has 0 heterocycles. The third kappa shape index (κ3) is 7.26. The molecule has 0 spiro atoms. The van der Waals surface area contributed by atoms with Gasteiger partial charge in [0.1, 0.15) is 0 Å². The Balaban J connectivity index is 4.21. The average molecular weight is 177 g/mol. The number of hydrogen-bond acceptors (Lipinski definition) is 1. The summed E-state index contributed by atoms with van der Waals surface area (Å²) in [6.07, 6.45) is 7.22.